The first-order valence-corrected chi connectivity index (χ1v) is 6.25. The van der Waals surface area contributed by atoms with Gasteiger partial charge < -0.3 is 10.4 Å². The Morgan fingerprint density at radius 2 is 2.15 bits per heavy atom. The highest BCUT2D eigenvalue weighted by Gasteiger charge is 2.19. The van der Waals surface area contributed by atoms with Crippen LogP contribution in [0.2, 0.25) is 5.02 Å². The van der Waals surface area contributed by atoms with Crippen molar-refractivity contribution < 1.29 is 14.3 Å². The van der Waals surface area contributed by atoms with Gasteiger partial charge in [0.15, 0.2) is 5.69 Å². The molecule has 0 saturated carbocycles. The molecule has 1 heterocycles. The maximum absolute atomic E-state index is 12.9. The van der Waals surface area contributed by atoms with Gasteiger partial charge in [0.2, 0.25) is 0 Å². The third-order valence-electron chi connectivity index (χ3n) is 2.76. The molecule has 7 heteroatoms. The lowest BCUT2D eigenvalue weighted by Crippen LogP contribution is -2.31. The van der Waals surface area contributed by atoms with Crippen molar-refractivity contribution in [2.45, 2.75) is 6.04 Å². The normalized spacial score (nSPS) is 12.2. The van der Waals surface area contributed by atoms with Crippen LogP contribution < -0.4 is 5.32 Å². The Balaban J connectivity index is 2.16. The number of aliphatic hydroxyl groups excluding tert-OH is 1. The number of amides is 1. The van der Waals surface area contributed by atoms with Gasteiger partial charge >= 0.3 is 0 Å². The summed E-state index contributed by atoms with van der Waals surface area (Å²) in [5.41, 5.74) is 0.670. The van der Waals surface area contributed by atoms with Crippen LogP contribution in [-0.4, -0.2) is 27.4 Å². The summed E-state index contributed by atoms with van der Waals surface area (Å²) in [7, 11) is 1.64. The van der Waals surface area contributed by atoms with Crippen LogP contribution in [0.25, 0.3) is 0 Å². The molecule has 20 heavy (non-hydrogen) atoms. The number of rotatable bonds is 4. The summed E-state index contributed by atoms with van der Waals surface area (Å²) in [6.45, 7) is -0.318. The third kappa shape index (κ3) is 3.15. The Kier molecular flexibility index (Phi) is 4.36. The van der Waals surface area contributed by atoms with E-state index in [1.807, 2.05) is 0 Å². The van der Waals surface area contributed by atoms with Gasteiger partial charge in [0.25, 0.3) is 5.91 Å². The SMILES string of the molecule is Cn1cc(Cl)c(C(=O)NC(CO)c2ccc(F)cc2)n1. The van der Waals surface area contributed by atoms with E-state index in [2.05, 4.69) is 10.4 Å². The second-order valence-corrected chi connectivity index (χ2v) is 4.67. The number of benzene rings is 1. The number of hydrogen-bond acceptors (Lipinski definition) is 3. The Bertz CT molecular complexity index is 613. The summed E-state index contributed by atoms with van der Waals surface area (Å²) < 4.78 is 14.3. The zero-order chi connectivity index (χ0) is 14.7. The molecule has 0 fully saturated rings. The lowest BCUT2D eigenvalue weighted by atomic mass is 10.1. The standard InChI is InChI=1S/C13H13ClFN3O2/c1-18-6-10(14)12(17-18)13(20)16-11(7-19)8-2-4-9(15)5-3-8/h2-6,11,19H,7H2,1H3,(H,16,20). The summed E-state index contributed by atoms with van der Waals surface area (Å²) in [5, 5.41) is 16.1. The molecule has 5 nitrogen and oxygen atoms in total. The van der Waals surface area contributed by atoms with Gasteiger partial charge in [-0.2, -0.15) is 5.10 Å². The first-order chi connectivity index (χ1) is 9.51. The van der Waals surface area contributed by atoms with Crippen LogP contribution in [0.3, 0.4) is 0 Å². The van der Waals surface area contributed by atoms with E-state index in [9.17, 15) is 14.3 Å². The van der Waals surface area contributed by atoms with Crippen LogP contribution in [0, 0.1) is 5.82 Å². The first kappa shape index (κ1) is 14.5. The van der Waals surface area contributed by atoms with E-state index in [-0.39, 0.29) is 23.1 Å². The second kappa shape index (κ2) is 6.02. The number of nitrogens with zero attached hydrogens (tertiary/aromatic N) is 2. The number of nitrogens with one attached hydrogen (secondary N) is 1. The molecule has 1 atom stereocenters. The summed E-state index contributed by atoms with van der Waals surface area (Å²) in [6, 6.07) is 4.87. The van der Waals surface area contributed by atoms with Gasteiger partial charge in [-0.3, -0.25) is 9.48 Å². The average molecular weight is 298 g/mol. The summed E-state index contributed by atoms with van der Waals surface area (Å²) >= 11 is 5.88. The van der Waals surface area contributed by atoms with E-state index in [4.69, 9.17) is 11.6 Å². The minimum absolute atomic E-state index is 0.0785. The number of carbonyl (C=O) groups excluding carboxylic acids is 1. The molecular formula is C13H13ClFN3O2. The summed E-state index contributed by atoms with van der Waals surface area (Å²) in [5.74, 6) is -0.886. The van der Waals surface area contributed by atoms with Gasteiger partial charge in [0.1, 0.15) is 5.82 Å². The lowest BCUT2D eigenvalue weighted by Gasteiger charge is -2.16. The monoisotopic (exact) mass is 297 g/mol. The van der Waals surface area contributed by atoms with Crippen LogP contribution in [0.15, 0.2) is 30.5 Å². The lowest BCUT2D eigenvalue weighted by molar-refractivity contribution is 0.0910. The van der Waals surface area contributed by atoms with Crippen LogP contribution in [0.5, 0.6) is 0 Å². The predicted octanol–water partition coefficient (Wildman–Crippen LogP) is 1.68. The third-order valence-corrected chi connectivity index (χ3v) is 3.04. The number of hydrogen-bond donors (Lipinski definition) is 2. The van der Waals surface area contributed by atoms with Gasteiger partial charge in [-0.05, 0) is 17.7 Å². The van der Waals surface area contributed by atoms with Crippen molar-refractivity contribution in [2.75, 3.05) is 6.61 Å². The molecule has 0 aliphatic heterocycles. The fourth-order valence-corrected chi connectivity index (χ4v) is 2.03. The van der Waals surface area contributed by atoms with Crippen molar-refractivity contribution in [1.82, 2.24) is 15.1 Å². The molecule has 0 bridgehead atoms. The Labute approximate surface area is 120 Å². The van der Waals surface area contributed by atoms with E-state index < -0.39 is 11.9 Å². The maximum Gasteiger partial charge on any atom is 0.273 e. The van der Waals surface area contributed by atoms with Gasteiger partial charge in [-0.1, -0.05) is 23.7 Å². The highest BCUT2D eigenvalue weighted by Crippen LogP contribution is 2.17. The van der Waals surface area contributed by atoms with Gasteiger partial charge in [0.05, 0.1) is 17.7 Å². The fraction of sp³-hybridized carbons (Fsp3) is 0.231. The average Bonchev–Trinajstić information content (AvgIpc) is 2.76. The van der Waals surface area contributed by atoms with Crippen molar-refractivity contribution in [1.29, 1.82) is 0 Å². The molecule has 1 aromatic carbocycles. The van der Waals surface area contributed by atoms with Crippen LogP contribution in [0.1, 0.15) is 22.1 Å². The Morgan fingerprint density at radius 1 is 1.50 bits per heavy atom. The highest BCUT2D eigenvalue weighted by molar-refractivity contribution is 6.33. The van der Waals surface area contributed by atoms with E-state index in [0.717, 1.165) is 0 Å². The molecule has 0 aliphatic rings. The van der Waals surface area contributed by atoms with Crippen molar-refractivity contribution in [3.05, 3.63) is 52.6 Å². The number of aliphatic hydroxyl groups is 1. The molecule has 2 rings (SSSR count). The molecule has 1 amide bonds. The molecule has 0 radical (unpaired) electrons. The largest absolute Gasteiger partial charge is 0.394 e. The zero-order valence-electron chi connectivity index (χ0n) is 10.7. The van der Waals surface area contributed by atoms with Crippen molar-refractivity contribution in [3.8, 4) is 0 Å². The van der Waals surface area contributed by atoms with Gasteiger partial charge in [-0.25, -0.2) is 4.39 Å². The predicted molar refractivity (Wildman–Crippen MR) is 71.9 cm³/mol. The molecule has 1 aromatic heterocycles. The van der Waals surface area contributed by atoms with E-state index in [1.54, 1.807) is 7.05 Å². The molecule has 0 spiro atoms. The van der Waals surface area contributed by atoms with Crippen molar-refractivity contribution >= 4 is 17.5 Å². The maximum atomic E-state index is 12.9. The molecular weight excluding hydrogens is 285 g/mol. The fourth-order valence-electron chi connectivity index (χ4n) is 1.77. The highest BCUT2D eigenvalue weighted by atomic mass is 35.5. The van der Waals surface area contributed by atoms with Crippen molar-refractivity contribution in [3.63, 3.8) is 0 Å². The van der Waals surface area contributed by atoms with Gasteiger partial charge in [-0.15, -0.1) is 0 Å². The Morgan fingerprint density at radius 3 is 2.65 bits per heavy atom. The smallest absolute Gasteiger partial charge is 0.273 e. The number of aryl methyl sites for hydroxylation is 1. The Hall–Kier alpha value is -1.92. The summed E-state index contributed by atoms with van der Waals surface area (Å²) in [4.78, 5) is 12.0. The molecule has 0 aliphatic carbocycles. The molecule has 106 valence electrons. The molecule has 2 aromatic rings. The summed E-state index contributed by atoms with van der Waals surface area (Å²) in [6.07, 6.45) is 1.50. The first-order valence-electron chi connectivity index (χ1n) is 5.87. The van der Waals surface area contributed by atoms with E-state index >= 15 is 0 Å². The topological polar surface area (TPSA) is 67.2 Å². The van der Waals surface area contributed by atoms with Crippen LogP contribution in [0.4, 0.5) is 4.39 Å². The number of carbonyl (C=O) groups is 1. The van der Waals surface area contributed by atoms with Crippen LogP contribution >= 0.6 is 11.6 Å². The van der Waals surface area contributed by atoms with Crippen molar-refractivity contribution in [2.24, 2.45) is 7.05 Å². The zero-order valence-corrected chi connectivity index (χ0v) is 11.4. The minimum atomic E-state index is -0.652. The van der Waals surface area contributed by atoms with E-state index in [0.29, 0.717) is 5.56 Å². The van der Waals surface area contributed by atoms with E-state index in [1.165, 1.54) is 35.1 Å². The van der Waals surface area contributed by atoms with Gasteiger partial charge in [0, 0.05) is 13.2 Å². The molecule has 1 unspecified atom stereocenters. The molecule has 2 N–H and O–H groups in total. The second-order valence-electron chi connectivity index (χ2n) is 4.26. The van der Waals surface area contributed by atoms with Crippen LogP contribution in [-0.2, 0) is 7.05 Å². The minimum Gasteiger partial charge on any atom is -0.394 e. The number of halogens is 2. The number of aromatic nitrogens is 2. The quantitative estimate of drug-likeness (QED) is 0.902. The molecule has 0 saturated heterocycles.